The average Bonchev–Trinajstić information content (AvgIpc) is 2.91. The van der Waals surface area contributed by atoms with Crippen molar-refractivity contribution >= 4 is 28.2 Å². The molecule has 7 heteroatoms. The maximum atomic E-state index is 13.1. The van der Waals surface area contributed by atoms with E-state index in [0.717, 1.165) is 22.9 Å². The van der Waals surface area contributed by atoms with Gasteiger partial charge in [0.2, 0.25) is 0 Å². The van der Waals surface area contributed by atoms with Crippen LogP contribution in [0.3, 0.4) is 0 Å². The molecule has 6 nitrogen and oxygen atoms in total. The zero-order valence-electron chi connectivity index (χ0n) is 21.1. The first-order valence-corrected chi connectivity index (χ1v) is 13.0. The molecule has 1 aliphatic heterocycles. The summed E-state index contributed by atoms with van der Waals surface area (Å²) >= 11 is 5.88. The van der Waals surface area contributed by atoms with Gasteiger partial charge in [-0.05, 0) is 61.3 Å². The third kappa shape index (κ3) is 5.78. The van der Waals surface area contributed by atoms with Crippen LogP contribution in [0.2, 0.25) is 0 Å². The molecule has 1 aliphatic rings. The van der Waals surface area contributed by atoms with Crippen LogP contribution in [0.5, 0.6) is 11.5 Å². The first-order chi connectivity index (χ1) is 18.0. The third-order valence-corrected chi connectivity index (χ3v) is 7.16. The van der Waals surface area contributed by atoms with Crippen molar-refractivity contribution in [3.8, 4) is 11.5 Å². The molecule has 2 heterocycles. The number of nitrogens with one attached hydrogen (secondary N) is 2. The Labute approximate surface area is 222 Å². The Morgan fingerprint density at radius 3 is 2.46 bits per heavy atom. The predicted molar refractivity (Wildman–Crippen MR) is 151 cm³/mol. The molecule has 0 bridgehead atoms. The van der Waals surface area contributed by atoms with Gasteiger partial charge in [0.05, 0.1) is 18.1 Å². The van der Waals surface area contributed by atoms with Crippen LogP contribution in [0.1, 0.15) is 35.2 Å². The molecule has 3 aromatic carbocycles. The molecular formula is C30H31N3O3S. The van der Waals surface area contributed by atoms with Crippen molar-refractivity contribution in [3.05, 3.63) is 105 Å². The molecule has 190 valence electrons. The SMILES string of the molecule is Cc1ccccc1CCN(Cc1cc2cc3c(cc2[nH]c1=O)OCCO3)C(=S)N[C@@H](C)c1ccccc1. The number of aromatic amines is 1. The Bertz CT molecular complexity index is 1470. The summed E-state index contributed by atoms with van der Waals surface area (Å²) in [6.45, 7) is 6.29. The smallest absolute Gasteiger partial charge is 0.253 e. The number of hydrogen-bond acceptors (Lipinski definition) is 4. The Morgan fingerprint density at radius 2 is 1.70 bits per heavy atom. The summed E-state index contributed by atoms with van der Waals surface area (Å²) in [6, 6.07) is 24.3. The molecular weight excluding hydrogens is 482 g/mol. The number of ether oxygens (including phenoxy) is 2. The minimum Gasteiger partial charge on any atom is -0.486 e. The molecule has 2 N–H and O–H groups in total. The van der Waals surface area contributed by atoms with Crippen LogP contribution in [-0.4, -0.2) is 34.8 Å². The highest BCUT2D eigenvalue weighted by molar-refractivity contribution is 7.80. The fourth-order valence-electron chi connectivity index (χ4n) is 4.61. The van der Waals surface area contributed by atoms with Gasteiger partial charge >= 0.3 is 0 Å². The van der Waals surface area contributed by atoms with Crippen LogP contribution < -0.4 is 20.3 Å². The minimum absolute atomic E-state index is 0.0354. The van der Waals surface area contributed by atoms with E-state index < -0.39 is 0 Å². The Balaban J connectivity index is 1.41. The highest BCUT2D eigenvalue weighted by Gasteiger charge is 2.18. The van der Waals surface area contributed by atoms with Gasteiger partial charge in [-0.15, -0.1) is 0 Å². The molecule has 1 aromatic heterocycles. The number of H-pyrrole nitrogens is 1. The van der Waals surface area contributed by atoms with E-state index >= 15 is 0 Å². The maximum absolute atomic E-state index is 13.1. The molecule has 0 aliphatic carbocycles. The van der Waals surface area contributed by atoms with E-state index in [1.165, 1.54) is 11.1 Å². The second kappa shape index (κ2) is 11.0. The molecule has 0 fully saturated rings. The van der Waals surface area contributed by atoms with Crippen molar-refractivity contribution in [1.82, 2.24) is 15.2 Å². The van der Waals surface area contributed by atoms with Crippen molar-refractivity contribution < 1.29 is 9.47 Å². The number of pyridine rings is 1. The van der Waals surface area contributed by atoms with Crippen molar-refractivity contribution in [2.75, 3.05) is 19.8 Å². The number of aryl methyl sites for hydroxylation is 1. The molecule has 37 heavy (non-hydrogen) atoms. The van der Waals surface area contributed by atoms with Gasteiger partial charge in [-0.25, -0.2) is 0 Å². The molecule has 1 atom stereocenters. The fraction of sp³-hybridized carbons (Fsp3) is 0.267. The molecule has 0 saturated heterocycles. The zero-order chi connectivity index (χ0) is 25.8. The number of thiocarbonyl (C=S) groups is 1. The van der Waals surface area contributed by atoms with Crippen molar-refractivity contribution in [2.45, 2.75) is 32.9 Å². The van der Waals surface area contributed by atoms with Gasteiger partial charge in [-0.2, -0.15) is 0 Å². The second-order valence-electron chi connectivity index (χ2n) is 9.39. The molecule has 0 amide bonds. The van der Waals surface area contributed by atoms with E-state index in [1.807, 2.05) is 42.5 Å². The lowest BCUT2D eigenvalue weighted by molar-refractivity contribution is 0.172. The monoisotopic (exact) mass is 513 g/mol. The normalized spacial score (nSPS) is 13.2. The fourth-order valence-corrected chi connectivity index (χ4v) is 4.94. The van der Waals surface area contributed by atoms with Gasteiger partial charge < -0.3 is 24.7 Å². The summed E-state index contributed by atoms with van der Waals surface area (Å²) in [7, 11) is 0. The first kappa shape index (κ1) is 24.8. The Kier molecular flexibility index (Phi) is 7.42. The maximum Gasteiger partial charge on any atom is 0.253 e. The quantitative estimate of drug-likeness (QED) is 0.328. The molecule has 0 spiro atoms. The average molecular weight is 514 g/mol. The predicted octanol–water partition coefficient (Wildman–Crippen LogP) is 5.29. The molecule has 0 radical (unpaired) electrons. The number of aromatic nitrogens is 1. The lowest BCUT2D eigenvalue weighted by Gasteiger charge is -2.28. The summed E-state index contributed by atoms with van der Waals surface area (Å²) in [6.07, 6.45) is 0.818. The lowest BCUT2D eigenvalue weighted by atomic mass is 10.1. The van der Waals surface area contributed by atoms with Crippen LogP contribution in [-0.2, 0) is 13.0 Å². The molecule has 5 rings (SSSR count). The minimum atomic E-state index is -0.135. The zero-order valence-corrected chi connectivity index (χ0v) is 21.9. The Morgan fingerprint density at radius 1 is 1.00 bits per heavy atom. The van der Waals surface area contributed by atoms with Crippen molar-refractivity contribution in [1.29, 1.82) is 0 Å². The summed E-state index contributed by atoms with van der Waals surface area (Å²) in [5.74, 6) is 1.35. The highest BCUT2D eigenvalue weighted by Crippen LogP contribution is 2.33. The van der Waals surface area contributed by atoms with E-state index in [1.54, 1.807) is 0 Å². The van der Waals surface area contributed by atoms with E-state index in [4.69, 9.17) is 21.7 Å². The number of nitrogens with zero attached hydrogens (tertiary/aromatic N) is 1. The highest BCUT2D eigenvalue weighted by atomic mass is 32.1. The standard InChI is InChI=1S/C30H31N3O3S/c1-20-8-6-7-9-22(20)12-13-33(30(37)31-21(2)23-10-4-3-5-11-23)19-25-16-24-17-27-28(36-15-14-35-27)18-26(24)32-29(25)34/h3-11,16-18,21H,12-15,19H2,1-2H3,(H,31,37)(H,32,34)/t21-/m0/s1. The lowest BCUT2D eigenvalue weighted by Crippen LogP contribution is -2.42. The number of rotatable bonds is 7. The van der Waals surface area contributed by atoms with E-state index in [9.17, 15) is 4.79 Å². The topological polar surface area (TPSA) is 66.6 Å². The van der Waals surface area contributed by atoms with Gasteiger partial charge in [0.15, 0.2) is 16.6 Å². The summed E-state index contributed by atoms with van der Waals surface area (Å²) in [5.41, 5.74) is 4.90. The van der Waals surface area contributed by atoms with Crippen LogP contribution in [0.15, 0.2) is 77.6 Å². The van der Waals surface area contributed by atoms with Crippen LogP contribution in [0.25, 0.3) is 10.9 Å². The van der Waals surface area contributed by atoms with Gasteiger partial charge in [0, 0.05) is 23.6 Å². The third-order valence-electron chi connectivity index (χ3n) is 6.78. The van der Waals surface area contributed by atoms with Crippen molar-refractivity contribution in [2.24, 2.45) is 0 Å². The van der Waals surface area contributed by atoms with E-state index in [0.29, 0.717) is 48.5 Å². The Hall–Kier alpha value is -3.84. The molecule has 0 saturated carbocycles. The van der Waals surface area contributed by atoms with Crippen molar-refractivity contribution in [3.63, 3.8) is 0 Å². The van der Waals surface area contributed by atoms with E-state index in [2.05, 4.69) is 59.4 Å². The second-order valence-corrected chi connectivity index (χ2v) is 9.77. The molecule has 4 aromatic rings. The van der Waals surface area contributed by atoms with Gasteiger partial charge in [-0.3, -0.25) is 4.79 Å². The largest absolute Gasteiger partial charge is 0.486 e. The summed E-state index contributed by atoms with van der Waals surface area (Å²) in [5, 5.41) is 4.99. The number of hydrogen-bond donors (Lipinski definition) is 2. The first-order valence-electron chi connectivity index (χ1n) is 12.6. The van der Waals surface area contributed by atoms with Gasteiger partial charge in [0.1, 0.15) is 13.2 Å². The van der Waals surface area contributed by atoms with Crippen LogP contribution in [0.4, 0.5) is 0 Å². The van der Waals surface area contributed by atoms with Crippen LogP contribution >= 0.6 is 12.2 Å². The van der Waals surface area contributed by atoms with Gasteiger partial charge in [-0.1, -0.05) is 54.6 Å². The summed E-state index contributed by atoms with van der Waals surface area (Å²) < 4.78 is 11.4. The van der Waals surface area contributed by atoms with Gasteiger partial charge in [0.25, 0.3) is 5.56 Å². The summed E-state index contributed by atoms with van der Waals surface area (Å²) in [4.78, 5) is 18.2. The van der Waals surface area contributed by atoms with E-state index in [-0.39, 0.29) is 11.6 Å². The van der Waals surface area contributed by atoms with Crippen LogP contribution in [0, 0.1) is 6.92 Å². The molecule has 0 unspecified atom stereocenters. The number of fused-ring (bicyclic) bond motifs is 2. The number of benzene rings is 3.